The molecular weight excluding hydrogens is 293 g/mol. The van der Waals surface area contributed by atoms with Gasteiger partial charge in [-0.15, -0.1) is 0 Å². The first kappa shape index (κ1) is 16.8. The molecule has 1 atom stereocenters. The van der Waals surface area contributed by atoms with Crippen molar-refractivity contribution in [1.82, 2.24) is 5.32 Å². The van der Waals surface area contributed by atoms with Gasteiger partial charge in [-0.2, -0.15) is 13.2 Å². The first-order chi connectivity index (χ1) is 9.24. The second-order valence-corrected chi connectivity index (χ2v) is 4.81. The van der Waals surface area contributed by atoms with Gasteiger partial charge in [0, 0.05) is 18.2 Å². The van der Waals surface area contributed by atoms with E-state index in [1.54, 1.807) is 0 Å². The Hall–Kier alpha value is -1.27. The van der Waals surface area contributed by atoms with Crippen LogP contribution < -0.4 is 10.6 Å². The molecule has 0 heterocycles. The lowest BCUT2D eigenvalue weighted by atomic mass is 10.1. The van der Waals surface area contributed by atoms with Crippen LogP contribution in [0.2, 0.25) is 5.02 Å². The maximum Gasteiger partial charge on any atom is 0.417 e. The molecule has 1 aromatic rings. The summed E-state index contributed by atoms with van der Waals surface area (Å²) in [6, 6.07) is 3.24. The molecule has 1 unspecified atom stereocenters. The highest BCUT2D eigenvalue weighted by atomic mass is 35.5. The highest BCUT2D eigenvalue weighted by Gasteiger charge is 2.33. The van der Waals surface area contributed by atoms with Gasteiger partial charge in [-0.1, -0.05) is 18.5 Å². The van der Waals surface area contributed by atoms with E-state index in [0.29, 0.717) is 6.54 Å². The van der Waals surface area contributed by atoms with Gasteiger partial charge in [-0.05, 0) is 31.7 Å². The molecule has 0 radical (unpaired) electrons. The van der Waals surface area contributed by atoms with Gasteiger partial charge in [-0.3, -0.25) is 4.79 Å². The van der Waals surface area contributed by atoms with E-state index >= 15 is 0 Å². The molecule has 0 aromatic heterocycles. The van der Waals surface area contributed by atoms with Crippen LogP contribution in [0.4, 0.5) is 18.9 Å². The fourth-order valence-corrected chi connectivity index (χ4v) is 1.96. The fraction of sp³-hybridized carbons (Fsp3) is 0.462. The Balaban J connectivity index is 2.76. The van der Waals surface area contributed by atoms with E-state index in [0.717, 1.165) is 12.1 Å². The maximum absolute atomic E-state index is 12.7. The molecule has 3 nitrogen and oxygen atoms in total. The minimum atomic E-state index is -4.55. The molecule has 0 aliphatic rings. The van der Waals surface area contributed by atoms with Gasteiger partial charge in [0.1, 0.15) is 0 Å². The highest BCUT2D eigenvalue weighted by Crippen LogP contribution is 2.36. The number of amides is 1. The molecule has 0 saturated carbocycles. The molecule has 0 fully saturated rings. The fourth-order valence-electron chi connectivity index (χ4n) is 1.73. The van der Waals surface area contributed by atoms with Gasteiger partial charge in [0.2, 0.25) is 5.91 Å². The van der Waals surface area contributed by atoms with E-state index < -0.39 is 16.8 Å². The zero-order chi connectivity index (χ0) is 15.3. The van der Waals surface area contributed by atoms with E-state index in [9.17, 15) is 18.0 Å². The lowest BCUT2D eigenvalue weighted by Gasteiger charge is -2.14. The van der Waals surface area contributed by atoms with Crippen LogP contribution >= 0.6 is 11.6 Å². The SMILES string of the molecule is CCNC(C)CC(=O)Nc1ccc(Cl)c(C(F)(F)F)c1. The molecule has 0 spiro atoms. The minimum Gasteiger partial charge on any atom is -0.326 e. The predicted molar refractivity (Wildman–Crippen MR) is 72.8 cm³/mol. The third kappa shape index (κ3) is 5.02. The second-order valence-electron chi connectivity index (χ2n) is 4.40. The number of benzene rings is 1. The number of carbonyl (C=O) groups is 1. The monoisotopic (exact) mass is 308 g/mol. The van der Waals surface area contributed by atoms with E-state index in [1.165, 1.54) is 6.07 Å². The summed E-state index contributed by atoms with van der Waals surface area (Å²) in [5.41, 5.74) is -0.882. The highest BCUT2D eigenvalue weighted by molar-refractivity contribution is 6.31. The van der Waals surface area contributed by atoms with Crippen LogP contribution in [0, 0.1) is 0 Å². The number of alkyl halides is 3. The summed E-state index contributed by atoms with van der Waals surface area (Å²) < 4.78 is 38.0. The lowest BCUT2D eigenvalue weighted by Crippen LogP contribution is -2.30. The third-order valence-electron chi connectivity index (χ3n) is 2.60. The van der Waals surface area contributed by atoms with Crippen molar-refractivity contribution < 1.29 is 18.0 Å². The Labute approximate surface area is 120 Å². The quantitative estimate of drug-likeness (QED) is 0.871. The van der Waals surface area contributed by atoms with Gasteiger partial charge < -0.3 is 10.6 Å². The summed E-state index contributed by atoms with van der Waals surface area (Å²) >= 11 is 5.50. The predicted octanol–water partition coefficient (Wildman–Crippen LogP) is 3.69. The van der Waals surface area contributed by atoms with E-state index in [1.807, 2.05) is 13.8 Å². The maximum atomic E-state index is 12.7. The van der Waals surface area contributed by atoms with Crippen molar-refractivity contribution in [3.63, 3.8) is 0 Å². The molecule has 0 saturated heterocycles. The topological polar surface area (TPSA) is 41.1 Å². The second kappa shape index (κ2) is 6.95. The molecule has 0 aliphatic carbocycles. The van der Waals surface area contributed by atoms with Gasteiger partial charge in [0.15, 0.2) is 0 Å². The summed E-state index contributed by atoms with van der Waals surface area (Å²) in [6.45, 7) is 4.45. The van der Waals surface area contributed by atoms with Crippen LogP contribution in [0.25, 0.3) is 0 Å². The first-order valence-corrected chi connectivity index (χ1v) is 6.51. The molecule has 20 heavy (non-hydrogen) atoms. The zero-order valence-electron chi connectivity index (χ0n) is 11.1. The molecular formula is C13H16ClF3N2O. The molecule has 2 N–H and O–H groups in total. The number of nitrogens with one attached hydrogen (secondary N) is 2. The molecule has 7 heteroatoms. The largest absolute Gasteiger partial charge is 0.417 e. The van der Waals surface area contributed by atoms with E-state index in [2.05, 4.69) is 10.6 Å². The van der Waals surface area contributed by atoms with Gasteiger partial charge in [0.25, 0.3) is 0 Å². The number of rotatable bonds is 5. The molecule has 1 rings (SSSR count). The van der Waals surface area contributed by atoms with Crippen LogP contribution in [0.3, 0.4) is 0 Å². The Kier molecular flexibility index (Phi) is 5.83. The summed E-state index contributed by atoms with van der Waals surface area (Å²) in [4.78, 5) is 11.7. The van der Waals surface area contributed by atoms with Crippen molar-refractivity contribution in [2.75, 3.05) is 11.9 Å². The minimum absolute atomic E-state index is 0.0469. The molecule has 1 aromatic carbocycles. The van der Waals surface area contributed by atoms with Crippen molar-refractivity contribution in [2.45, 2.75) is 32.5 Å². The number of halogens is 4. The Morgan fingerprint density at radius 3 is 2.60 bits per heavy atom. The zero-order valence-corrected chi connectivity index (χ0v) is 11.9. The number of hydrogen-bond acceptors (Lipinski definition) is 2. The van der Waals surface area contributed by atoms with Gasteiger partial charge >= 0.3 is 6.18 Å². The standard InChI is InChI=1S/C13H16ClF3N2O/c1-3-18-8(2)6-12(20)19-9-4-5-11(14)10(7-9)13(15,16)17/h4-5,7-8,18H,3,6H2,1-2H3,(H,19,20). The van der Waals surface area contributed by atoms with Gasteiger partial charge in [-0.25, -0.2) is 0 Å². The molecule has 112 valence electrons. The summed E-state index contributed by atoms with van der Waals surface area (Å²) in [7, 11) is 0. The van der Waals surface area contributed by atoms with Crippen molar-refractivity contribution in [2.24, 2.45) is 0 Å². The van der Waals surface area contributed by atoms with Crippen LogP contribution in [0.1, 0.15) is 25.8 Å². The summed E-state index contributed by atoms with van der Waals surface area (Å²) in [5.74, 6) is -0.353. The van der Waals surface area contributed by atoms with Crippen molar-refractivity contribution in [1.29, 1.82) is 0 Å². The smallest absolute Gasteiger partial charge is 0.326 e. The van der Waals surface area contributed by atoms with E-state index in [4.69, 9.17) is 11.6 Å². The summed E-state index contributed by atoms with van der Waals surface area (Å²) in [6.07, 6.45) is -4.37. The Morgan fingerprint density at radius 1 is 1.40 bits per heavy atom. The first-order valence-electron chi connectivity index (χ1n) is 6.14. The van der Waals surface area contributed by atoms with Crippen LogP contribution in [-0.2, 0) is 11.0 Å². The van der Waals surface area contributed by atoms with Crippen molar-refractivity contribution in [3.8, 4) is 0 Å². The third-order valence-corrected chi connectivity index (χ3v) is 2.93. The lowest BCUT2D eigenvalue weighted by molar-refractivity contribution is -0.137. The van der Waals surface area contributed by atoms with Crippen molar-refractivity contribution in [3.05, 3.63) is 28.8 Å². The van der Waals surface area contributed by atoms with Crippen molar-refractivity contribution >= 4 is 23.2 Å². The number of carbonyl (C=O) groups excluding carboxylic acids is 1. The van der Waals surface area contributed by atoms with Gasteiger partial charge in [0.05, 0.1) is 10.6 Å². The Bertz CT molecular complexity index is 477. The number of hydrogen-bond donors (Lipinski definition) is 2. The normalized spacial score (nSPS) is 13.1. The average molecular weight is 309 g/mol. The van der Waals surface area contributed by atoms with E-state index in [-0.39, 0.29) is 24.1 Å². The summed E-state index contributed by atoms with van der Waals surface area (Å²) in [5, 5.41) is 5.09. The molecule has 1 amide bonds. The van der Waals surface area contributed by atoms with Crippen LogP contribution in [0.15, 0.2) is 18.2 Å². The molecule has 0 aliphatic heterocycles. The average Bonchev–Trinajstić information content (AvgIpc) is 2.30. The molecule has 0 bridgehead atoms. The number of anilines is 1. The Morgan fingerprint density at radius 2 is 2.05 bits per heavy atom. The van der Waals surface area contributed by atoms with Crippen LogP contribution in [0.5, 0.6) is 0 Å². The van der Waals surface area contributed by atoms with Crippen LogP contribution in [-0.4, -0.2) is 18.5 Å².